The van der Waals surface area contributed by atoms with Gasteiger partial charge in [-0.3, -0.25) is 0 Å². The molecule has 0 radical (unpaired) electrons. The van der Waals surface area contributed by atoms with Gasteiger partial charge in [0.25, 0.3) is 0 Å². The van der Waals surface area contributed by atoms with Crippen LogP contribution in [0.25, 0.3) is 22.3 Å². The van der Waals surface area contributed by atoms with Gasteiger partial charge in [-0.15, -0.1) is 5.10 Å². The van der Waals surface area contributed by atoms with E-state index in [9.17, 15) is 8.78 Å². The fourth-order valence-corrected chi connectivity index (χ4v) is 2.85. The largest absolute Gasteiger partial charge is 0.497 e. The number of methoxy groups -OCH3 is 1. The van der Waals surface area contributed by atoms with Gasteiger partial charge in [-0.25, -0.2) is 13.8 Å². The summed E-state index contributed by atoms with van der Waals surface area (Å²) >= 11 is 12.0. The monoisotopic (exact) mass is 381 g/mol. The summed E-state index contributed by atoms with van der Waals surface area (Å²) in [5, 5.41) is 7.90. The van der Waals surface area contributed by atoms with Crippen molar-refractivity contribution in [1.82, 2.24) is 15.2 Å². The number of aromatic nitrogens is 3. The maximum atomic E-state index is 14.6. The highest BCUT2D eigenvalue weighted by Crippen LogP contribution is 2.41. The molecule has 1 aromatic carbocycles. The number of halogens is 4. The molecule has 0 saturated carbocycles. The topological polar surface area (TPSA) is 47.9 Å². The maximum Gasteiger partial charge on any atom is 0.160 e. The average Bonchev–Trinajstić information content (AvgIpc) is 2.58. The Hall–Kier alpha value is -2.31. The molecule has 0 aliphatic carbocycles. The van der Waals surface area contributed by atoms with Crippen LogP contribution in [0.3, 0.4) is 0 Å². The summed E-state index contributed by atoms with van der Waals surface area (Å²) in [4.78, 5) is 4.00. The van der Waals surface area contributed by atoms with Crippen molar-refractivity contribution in [2.75, 3.05) is 7.11 Å². The summed E-state index contributed by atoms with van der Waals surface area (Å²) in [6, 6.07) is 5.39. The lowest BCUT2D eigenvalue weighted by atomic mass is 9.95. The number of hydrogen-bond donors (Lipinski definition) is 0. The van der Waals surface area contributed by atoms with Crippen molar-refractivity contribution in [3.8, 4) is 28.0 Å². The first kappa shape index (κ1) is 17.5. The zero-order valence-corrected chi connectivity index (χ0v) is 14.7. The molecular weight excluding hydrogens is 371 g/mol. The lowest BCUT2D eigenvalue weighted by Gasteiger charge is -2.15. The van der Waals surface area contributed by atoms with Gasteiger partial charge in [0, 0.05) is 35.0 Å². The summed E-state index contributed by atoms with van der Waals surface area (Å²) in [6.07, 6.45) is 1.48. The van der Waals surface area contributed by atoms with E-state index in [1.165, 1.54) is 13.3 Å². The number of nitrogens with zero attached hydrogens (tertiary/aromatic N) is 3. The fourth-order valence-electron chi connectivity index (χ4n) is 2.51. The minimum atomic E-state index is -0.825. The first-order valence-corrected chi connectivity index (χ1v) is 7.86. The third kappa shape index (κ3) is 3.27. The Labute approximate surface area is 152 Å². The maximum absolute atomic E-state index is 14.6. The van der Waals surface area contributed by atoms with E-state index >= 15 is 0 Å². The van der Waals surface area contributed by atoms with Crippen molar-refractivity contribution in [1.29, 1.82) is 0 Å². The third-order valence-corrected chi connectivity index (χ3v) is 4.11. The van der Waals surface area contributed by atoms with E-state index in [1.54, 1.807) is 19.1 Å². The molecule has 25 heavy (non-hydrogen) atoms. The summed E-state index contributed by atoms with van der Waals surface area (Å²) in [5.41, 5.74) is 1.21. The number of rotatable bonds is 3. The van der Waals surface area contributed by atoms with E-state index in [4.69, 9.17) is 27.9 Å². The molecule has 0 aliphatic rings. The molecule has 0 saturated heterocycles. The van der Waals surface area contributed by atoms with Gasteiger partial charge in [0.1, 0.15) is 22.5 Å². The molecule has 0 atom stereocenters. The molecule has 3 rings (SSSR count). The van der Waals surface area contributed by atoms with Crippen LogP contribution in [0, 0.1) is 18.6 Å². The van der Waals surface area contributed by atoms with Gasteiger partial charge in [-0.05, 0) is 19.1 Å². The summed E-state index contributed by atoms with van der Waals surface area (Å²) in [5.74, 6) is -1.59. The molecule has 8 heteroatoms. The van der Waals surface area contributed by atoms with Gasteiger partial charge < -0.3 is 4.74 Å². The molecule has 0 amide bonds. The summed E-state index contributed by atoms with van der Waals surface area (Å²) in [7, 11) is 1.32. The third-order valence-electron chi connectivity index (χ3n) is 3.62. The molecule has 2 heterocycles. The lowest BCUT2D eigenvalue weighted by molar-refractivity contribution is 0.407. The molecular formula is C17H11Cl2F2N3O. The molecule has 128 valence electrons. The Morgan fingerprint density at radius 1 is 0.960 bits per heavy atom. The second kappa shape index (κ2) is 6.90. The Morgan fingerprint density at radius 3 is 2.20 bits per heavy atom. The van der Waals surface area contributed by atoms with Crippen LogP contribution in [0.1, 0.15) is 5.69 Å². The molecule has 0 spiro atoms. The van der Waals surface area contributed by atoms with E-state index < -0.39 is 11.6 Å². The highest BCUT2D eigenvalue weighted by Gasteiger charge is 2.23. The molecule has 0 bridgehead atoms. The van der Waals surface area contributed by atoms with Crippen LogP contribution < -0.4 is 4.74 Å². The second-order valence-electron chi connectivity index (χ2n) is 5.16. The molecule has 3 aromatic rings. The van der Waals surface area contributed by atoms with Gasteiger partial charge in [0.2, 0.25) is 0 Å². The second-order valence-corrected chi connectivity index (χ2v) is 5.91. The van der Waals surface area contributed by atoms with Crippen LogP contribution >= 0.6 is 23.2 Å². The molecule has 4 nitrogen and oxygen atoms in total. The number of pyridine rings is 1. The van der Waals surface area contributed by atoms with Crippen molar-refractivity contribution in [2.45, 2.75) is 6.92 Å². The van der Waals surface area contributed by atoms with Crippen LogP contribution in [0.2, 0.25) is 10.3 Å². The normalized spacial score (nSPS) is 10.8. The SMILES string of the molecule is COc1cc(F)c(-c2c(Cl)nnc(C)c2-c2ccc(Cl)nc2)c(F)c1. The van der Waals surface area contributed by atoms with Crippen molar-refractivity contribution in [2.24, 2.45) is 0 Å². The minimum Gasteiger partial charge on any atom is -0.497 e. The van der Waals surface area contributed by atoms with Crippen LogP contribution in [0.5, 0.6) is 5.75 Å². The van der Waals surface area contributed by atoms with Gasteiger partial charge in [0.15, 0.2) is 5.15 Å². The Balaban J connectivity index is 2.34. The van der Waals surface area contributed by atoms with Crippen LogP contribution in [-0.4, -0.2) is 22.3 Å². The van der Waals surface area contributed by atoms with E-state index in [-0.39, 0.29) is 27.2 Å². The predicted octanol–water partition coefficient (Wildman–Crippen LogP) is 5.11. The van der Waals surface area contributed by atoms with Crippen molar-refractivity contribution < 1.29 is 13.5 Å². The van der Waals surface area contributed by atoms with E-state index in [0.29, 0.717) is 16.8 Å². The van der Waals surface area contributed by atoms with Gasteiger partial charge in [-0.2, -0.15) is 5.10 Å². The zero-order chi connectivity index (χ0) is 18.1. The van der Waals surface area contributed by atoms with Crippen LogP contribution in [0.4, 0.5) is 8.78 Å². The first-order chi connectivity index (χ1) is 11.9. The average molecular weight is 382 g/mol. The van der Waals surface area contributed by atoms with E-state index in [0.717, 1.165) is 12.1 Å². The molecule has 0 fully saturated rings. The van der Waals surface area contributed by atoms with Crippen molar-refractivity contribution in [3.63, 3.8) is 0 Å². The van der Waals surface area contributed by atoms with E-state index in [2.05, 4.69) is 15.2 Å². The van der Waals surface area contributed by atoms with Gasteiger partial charge in [0.05, 0.1) is 18.4 Å². The van der Waals surface area contributed by atoms with Crippen LogP contribution in [0.15, 0.2) is 30.5 Å². The zero-order valence-electron chi connectivity index (χ0n) is 13.1. The standard InChI is InChI=1S/C17H11Cl2F2N3O/c1-8-14(9-3-4-13(18)22-7-9)16(17(19)24-23-8)15-11(20)5-10(25-2)6-12(15)21/h3-7H,1-2H3. The molecule has 0 N–H and O–H groups in total. The lowest BCUT2D eigenvalue weighted by Crippen LogP contribution is -2.01. The van der Waals surface area contributed by atoms with Crippen molar-refractivity contribution >= 4 is 23.2 Å². The summed E-state index contributed by atoms with van der Waals surface area (Å²) in [6.45, 7) is 1.66. The predicted molar refractivity (Wildman–Crippen MR) is 91.9 cm³/mol. The minimum absolute atomic E-state index is 0.0586. The first-order valence-electron chi connectivity index (χ1n) is 7.10. The van der Waals surface area contributed by atoms with Crippen molar-refractivity contribution in [3.05, 3.63) is 58.1 Å². The highest BCUT2D eigenvalue weighted by atomic mass is 35.5. The summed E-state index contributed by atoms with van der Waals surface area (Å²) < 4.78 is 34.1. The van der Waals surface area contributed by atoms with Gasteiger partial charge >= 0.3 is 0 Å². The van der Waals surface area contributed by atoms with E-state index in [1.807, 2.05) is 0 Å². The smallest absolute Gasteiger partial charge is 0.160 e. The molecule has 0 unspecified atom stereocenters. The molecule has 2 aromatic heterocycles. The number of aryl methyl sites for hydroxylation is 1. The fraction of sp³-hybridized carbons (Fsp3) is 0.118. The quantitative estimate of drug-likeness (QED) is 0.591. The number of hydrogen-bond acceptors (Lipinski definition) is 4. The Kier molecular flexibility index (Phi) is 4.83. The van der Waals surface area contributed by atoms with Crippen LogP contribution in [-0.2, 0) is 0 Å². The molecule has 0 aliphatic heterocycles. The number of benzene rings is 1. The Morgan fingerprint density at radius 2 is 1.64 bits per heavy atom. The number of ether oxygens (including phenoxy) is 1. The highest BCUT2D eigenvalue weighted by molar-refractivity contribution is 6.33. The Bertz CT molecular complexity index is 926. The van der Waals surface area contributed by atoms with Gasteiger partial charge in [-0.1, -0.05) is 23.2 Å².